The summed E-state index contributed by atoms with van der Waals surface area (Å²) in [4.78, 5) is 15.7. The van der Waals surface area contributed by atoms with E-state index >= 15 is 0 Å². The van der Waals surface area contributed by atoms with Gasteiger partial charge in [0.05, 0.1) is 12.2 Å². The fourth-order valence-corrected chi connectivity index (χ4v) is 1.77. The average Bonchev–Trinajstić information content (AvgIpc) is 2.48. The molecular weight excluding hydrogens is 257 g/mol. The molecule has 1 unspecified atom stereocenters. The van der Waals surface area contributed by atoms with E-state index in [-0.39, 0.29) is 24.2 Å². The van der Waals surface area contributed by atoms with Crippen LogP contribution in [0.5, 0.6) is 0 Å². The maximum atomic E-state index is 13.4. The minimum atomic E-state index is -0.442. The number of amides is 1. The lowest BCUT2D eigenvalue weighted by molar-refractivity contribution is -0.115. The van der Waals surface area contributed by atoms with Crippen molar-refractivity contribution in [2.45, 2.75) is 13.0 Å². The molecule has 104 valence electrons. The fraction of sp³-hybridized carbons (Fsp3) is 0.200. The second-order valence-electron chi connectivity index (χ2n) is 4.41. The number of anilines is 1. The molecule has 0 aliphatic heterocycles. The van der Waals surface area contributed by atoms with Crippen molar-refractivity contribution >= 4 is 11.6 Å². The highest BCUT2D eigenvalue weighted by molar-refractivity contribution is 5.92. The monoisotopic (exact) mass is 273 g/mol. The quantitative estimate of drug-likeness (QED) is 0.880. The van der Waals surface area contributed by atoms with Crippen LogP contribution in [0.25, 0.3) is 0 Å². The van der Waals surface area contributed by atoms with Crippen LogP contribution in [-0.4, -0.2) is 17.4 Å². The van der Waals surface area contributed by atoms with Crippen molar-refractivity contribution in [3.8, 4) is 0 Å². The van der Waals surface area contributed by atoms with Crippen molar-refractivity contribution in [2.75, 3.05) is 11.9 Å². The summed E-state index contributed by atoms with van der Waals surface area (Å²) in [5, 5.41) is 5.60. The van der Waals surface area contributed by atoms with Crippen molar-refractivity contribution in [1.82, 2.24) is 10.3 Å². The first kappa shape index (κ1) is 14.1. The lowest BCUT2D eigenvalue weighted by Gasteiger charge is -2.14. The van der Waals surface area contributed by atoms with Gasteiger partial charge in [-0.05, 0) is 36.8 Å². The van der Waals surface area contributed by atoms with Crippen LogP contribution >= 0.6 is 0 Å². The second-order valence-corrected chi connectivity index (χ2v) is 4.41. The Morgan fingerprint density at radius 3 is 2.65 bits per heavy atom. The summed E-state index contributed by atoms with van der Waals surface area (Å²) in [7, 11) is 0. The number of carbonyl (C=O) groups excluding carboxylic acids is 1. The van der Waals surface area contributed by atoms with Crippen LogP contribution in [0.15, 0.2) is 48.8 Å². The van der Waals surface area contributed by atoms with E-state index in [1.54, 1.807) is 24.5 Å². The molecule has 1 heterocycles. The molecule has 2 N–H and O–H groups in total. The minimum absolute atomic E-state index is 0.0179. The van der Waals surface area contributed by atoms with Crippen LogP contribution in [0, 0.1) is 5.82 Å². The second kappa shape index (κ2) is 6.77. The van der Waals surface area contributed by atoms with E-state index < -0.39 is 5.82 Å². The Kier molecular flexibility index (Phi) is 4.79. The molecule has 20 heavy (non-hydrogen) atoms. The topological polar surface area (TPSA) is 54.0 Å². The number of benzene rings is 1. The van der Waals surface area contributed by atoms with Crippen LogP contribution in [0.3, 0.4) is 0 Å². The highest BCUT2D eigenvalue weighted by Gasteiger charge is 2.09. The highest BCUT2D eigenvalue weighted by atomic mass is 19.1. The lowest BCUT2D eigenvalue weighted by atomic mass is 10.1. The van der Waals surface area contributed by atoms with Gasteiger partial charge in [0.15, 0.2) is 0 Å². The predicted molar refractivity (Wildman–Crippen MR) is 75.7 cm³/mol. The molecule has 0 aliphatic carbocycles. The summed E-state index contributed by atoms with van der Waals surface area (Å²) in [6.07, 6.45) is 3.40. The van der Waals surface area contributed by atoms with Gasteiger partial charge < -0.3 is 10.6 Å². The van der Waals surface area contributed by atoms with Gasteiger partial charge in [-0.25, -0.2) is 4.39 Å². The number of pyridine rings is 1. The Bertz CT molecular complexity index is 574. The summed E-state index contributed by atoms with van der Waals surface area (Å²) in [6.45, 7) is 2.06. The first-order chi connectivity index (χ1) is 9.66. The van der Waals surface area contributed by atoms with E-state index in [1.165, 1.54) is 12.1 Å². The molecule has 0 bridgehead atoms. The molecule has 0 saturated carbocycles. The SMILES string of the molecule is CC(NCC(=O)Nc1ccccc1F)c1ccncc1. The molecule has 0 spiro atoms. The Morgan fingerprint density at radius 1 is 1.25 bits per heavy atom. The standard InChI is InChI=1S/C15H16FN3O/c1-11(12-6-8-17-9-7-12)18-10-15(20)19-14-5-3-2-4-13(14)16/h2-9,11,18H,10H2,1H3,(H,19,20). The number of rotatable bonds is 5. The molecule has 0 fully saturated rings. The number of carbonyl (C=O) groups is 1. The number of aromatic nitrogens is 1. The minimum Gasteiger partial charge on any atom is -0.322 e. The third-order valence-corrected chi connectivity index (χ3v) is 2.92. The summed E-state index contributed by atoms with van der Waals surface area (Å²) in [5.41, 5.74) is 1.23. The van der Waals surface area contributed by atoms with E-state index in [9.17, 15) is 9.18 Å². The van der Waals surface area contributed by atoms with Gasteiger partial charge in [-0.2, -0.15) is 0 Å². The number of para-hydroxylation sites is 1. The lowest BCUT2D eigenvalue weighted by Crippen LogP contribution is -2.30. The molecule has 2 aromatic rings. The molecule has 4 nitrogen and oxygen atoms in total. The molecule has 0 saturated heterocycles. The summed E-state index contributed by atoms with van der Waals surface area (Å²) in [5.74, 6) is -0.723. The molecule has 0 aliphatic rings. The number of hydrogen-bond acceptors (Lipinski definition) is 3. The number of nitrogens with zero attached hydrogens (tertiary/aromatic N) is 1. The number of halogens is 1. The van der Waals surface area contributed by atoms with E-state index in [4.69, 9.17) is 0 Å². The maximum Gasteiger partial charge on any atom is 0.238 e. The maximum absolute atomic E-state index is 13.4. The van der Waals surface area contributed by atoms with Crippen LogP contribution in [0.1, 0.15) is 18.5 Å². The Labute approximate surface area is 117 Å². The van der Waals surface area contributed by atoms with Gasteiger partial charge in [-0.1, -0.05) is 12.1 Å². The molecule has 1 aromatic carbocycles. The van der Waals surface area contributed by atoms with Crippen molar-refractivity contribution in [2.24, 2.45) is 0 Å². The van der Waals surface area contributed by atoms with E-state index in [0.717, 1.165) is 5.56 Å². The Morgan fingerprint density at radius 2 is 1.95 bits per heavy atom. The fourth-order valence-electron chi connectivity index (χ4n) is 1.77. The van der Waals surface area contributed by atoms with E-state index in [0.29, 0.717) is 0 Å². The van der Waals surface area contributed by atoms with Gasteiger partial charge >= 0.3 is 0 Å². The molecule has 2 rings (SSSR count). The third kappa shape index (κ3) is 3.86. The zero-order valence-corrected chi connectivity index (χ0v) is 11.1. The van der Waals surface area contributed by atoms with Gasteiger partial charge in [0.25, 0.3) is 0 Å². The van der Waals surface area contributed by atoms with Crippen molar-refractivity contribution in [3.05, 3.63) is 60.2 Å². The number of hydrogen-bond donors (Lipinski definition) is 2. The Balaban J connectivity index is 1.85. The summed E-state index contributed by atoms with van der Waals surface area (Å²) in [6, 6.07) is 9.87. The van der Waals surface area contributed by atoms with Gasteiger partial charge in [-0.15, -0.1) is 0 Å². The zero-order chi connectivity index (χ0) is 14.4. The average molecular weight is 273 g/mol. The van der Waals surface area contributed by atoms with Crippen LogP contribution in [-0.2, 0) is 4.79 Å². The van der Waals surface area contributed by atoms with Gasteiger partial charge in [-0.3, -0.25) is 9.78 Å². The van der Waals surface area contributed by atoms with E-state index in [1.807, 2.05) is 19.1 Å². The zero-order valence-electron chi connectivity index (χ0n) is 11.1. The normalized spacial score (nSPS) is 11.9. The van der Waals surface area contributed by atoms with Gasteiger partial charge in [0, 0.05) is 18.4 Å². The first-order valence-electron chi connectivity index (χ1n) is 6.34. The van der Waals surface area contributed by atoms with Crippen LogP contribution < -0.4 is 10.6 Å². The Hall–Kier alpha value is -2.27. The van der Waals surface area contributed by atoms with Gasteiger partial charge in [0.1, 0.15) is 5.82 Å². The van der Waals surface area contributed by atoms with Gasteiger partial charge in [0.2, 0.25) is 5.91 Å². The number of nitrogens with one attached hydrogen (secondary N) is 2. The van der Waals surface area contributed by atoms with Crippen molar-refractivity contribution in [3.63, 3.8) is 0 Å². The molecule has 5 heteroatoms. The molecule has 0 radical (unpaired) electrons. The molecule has 1 amide bonds. The molecular formula is C15H16FN3O. The summed E-state index contributed by atoms with van der Waals surface area (Å²) < 4.78 is 13.4. The smallest absolute Gasteiger partial charge is 0.238 e. The summed E-state index contributed by atoms with van der Waals surface area (Å²) >= 11 is 0. The van der Waals surface area contributed by atoms with Crippen LogP contribution in [0.4, 0.5) is 10.1 Å². The molecule has 1 atom stereocenters. The largest absolute Gasteiger partial charge is 0.322 e. The van der Waals surface area contributed by atoms with Crippen molar-refractivity contribution in [1.29, 1.82) is 0 Å². The molecule has 1 aromatic heterocycles. The van der Waals surface area contributed by atoms with E-state index in [2.05, 4.69) is 15.6 Å². The third-order valence-electron chi connectivity index (χ3n) is 2.92. The predicted octanol–water partition coefficient (Wildman–Crippen LogP) is 2.51. The van der Waals surface area contributed by atoms with Crippen molar-refractivity contribution < 1.29 is 9.18 Å². The highest BCUT2D eigenvalue weighted by Crippen LogP contribution is 2.12. The first-order valence-corrected chi connectivity index (χ1v) is 6.34. The van der Waals surface area contributed by atoms with Crippen LogP contribution in [0.2, 0.25) is 0 Å².